The molecule has 0 aliphatic heterocycles. The standard InChI is InChI=1S/C4H14O16Si18/c1-22(2)20-21-24(5)26(7)28(9)30(11)32(13)34(15)36(17)38(19)37(18)35(16)33(14)31(12)29(10)27(8)25(6)23(3)4/h22-23H,1-4H3. The van der Waals surface area contributed by atoms with Crippen LogP contribution in [0.1, 0.15) is 0 Å². The van der Waals surface area contributed by atoms with Crippen molar-refractivity contribution in [3.63, 3.8) is 0 Å². The quantitative estimate of drug-likeness (QED) is 0.116. The van der Waals surface area contributed by atoms with Crippen molar-refractivity contribution in [3.05, 3.63) is 0 Å². The van der Waals surface area contributed by atoms with E-state index in [0.717, 1.165) is 0 Å². The first kappa shape index (κ1) is 38.9. The van der Waals surface area contributed by atoms with Gasteiger partial charge in [-0.1, -0.05) is 13.1 Å². The van der Waals surface area contributed by atoms with E-state index in [1.54, 1.807) is 13.1 Å². The normalized spacial score (nSPS) is 10.3. The molecule has 0 spiro atoms. The average Bonchev–Trinajstić information content (AvgIpc) is 2.89. The average molecular weight is 824 g/mol. The molecule has 2 radical (unpaired) electrons. The summed E-state index contributed by atoms with van der Waals surface area (Å²) in [5.41, 5.74) is 0. The maximum absolute atomic E-state index is 12.4. The minimum absolute atomic E-state index is 0.774. The van der Waals surface area contributed by atoms with Gasteiger partial charge in [-0.2, -0.15) is 0 Å². The highest BCUT2D eigenvalue weighted by Crippen LogP contribution is 1.89. The largest absolute Gasteiger partial charge is 0.456 e. The summed E-state index contributed by atoms with van der Waals surface area (Å²) in [7, 11) is -61.7. The monoisotopic (exact) mass is 822 g/mol. The number of hydrogen-bond donors (Lipinski definition) is 0. The summed E-state index contributed by atoms with van der Waals surface area (Å²) >= 11 is 0. The lowest BCUT2D eigenvalue weighted by Gasteiger charge is -2.00. The van der Waals surface area contributed by atoms with Gasteiger partial charge in [0.25, 0.3) is 9.28 Å². The van der Waals surface area contributed by atoms with Crippen LogP contribution in [0.25, 0.3) is 0 Å². The summed E-state index contributed by atoms with van der Waals surface area (Å²) in [6, 6.07) is 0. The fourth-order valence-electron chi connectivity index (χ4n) is 1.83. The highest BCUT2D eigenvalue weighted by molar-refractivity contribution is 7.81. The summed E-state index contributed by atoms with van der Waals surface area (Å²) in [6.45, 7) is 6.44. The van der Waals surface area contributed by atoms with E-state index in [9.17, 15) is 66.9 Å². The minimum Gasteiger partial charge on any atom is -0.456 e. The molecule has 198 valence electrons. The molecule has 0 aliphatic rings. The molecule has 0 saturated heterocycles. The maximum atomic E-state index is 12.4. The molecule has 16 nitrogen and oxygen atoms in total. The highest BCUT2D eigenvalue weighted by atomic mass is 30.1. The van der Waals surface area contributed by atoms with Crippen LogP contribution in [0, 0.1) is 0 Å². The molecule has 0 amide bonds. The van der Waals surface area contributed by atoms with Crippen LogP contribution in [0.15, 0.2) is 0 Å². The van der Waals surface area contributed by atoms with Gasteiger partial charge in [0.1, 0.15) is 0 Å². The Morgan fingerprint density at radius 2 is 0.632 bits per heavy atom. The molecule has 0 fully saturated rings. The van der Waals surface area contributed by atoms with Crippen LogP contribution in [0.5, 0.6) is 0 Å². The SMILES string of the molecule is C[SiH](C)O[Si][Si](=O)[Si](=O)[Si](=O)[Si](=O)[Si](=O)[Si](=O)[Si](=O)[Si](=O)[Si](=O)[Si](=O)[Si](=O)[Si](=O)[Si](=O)[Si](=O)[Si](=O)[SiH](C)C. The van der Waals surface area contributed by atoms with E-state index in [1.807, 2.05) is 0 Å². The van der Waals surface area contributed by atoms with Gasteiger partial charge in [0.2, 0.25) is 0 Å². The Morgan fingerprint density at radius 3 is 0.868 bits per heavy atom. The zero-order valence-corrected chi connectivity index (χ0v) is 38.0. The smallest absolute Gasteiger partial charge is 0.381 e. The van der Waals surface area contributed by atoms with Crippen LogP contribution in [0.2, 0.25) is 26.2 Å². The molecule has 34 heteroatoms. The minimum atomic E-state index is -4.18. The molecule has 0 rings (SSSR count). The highest BCUT2D eigenvalue weighted by Gasteiger charge is 2.54. The van der Waals surface area contributed by atoms with Crippen LogP contribution < -0.4 is 0 Å². The molecule has 0 N–H and O–H groups in total. The Kier molecular flexibility index (Phi) is 18.1. The second kappa shape index (κ2) is 17.7. The van der Waals surface area contributed by atoms with E-state index in [2.05, 4.69) is 0 Å². The molecule has 0 aromatic heterocycles. The van der Waals surface area contributed by atoms with Gasteiger partial charge < -0.3 is 71.0 Å². The lowest BCUT2D eigenvalue weighted by atomic mass is 11.9. The van der Waals surface area contributed by atoms with Gasteiger partial charge in [-0.05, 0) is 13.1 Å². The predicted molar refractivity (Wildman–Crippen MR) is 141 cm³/mol. The molecular weight excluding hydrogens is 810 g/mol. The van der Waals surface area contributed by atoms with Crippen LogP contribution in [0.3, 0.4) is 0 Å². The summed E-state index contributed by atoms with van der Waals surface area (Å²) in [5.74, 6) is 0. The molecule has 0 unspecified atom stereocenters. The van der Waals surface area contributed by atoms with Crippen molar-refractivity contribution in [1.82, 2.24) is 0 Å². The van der Waals surface area contributed by atoms with Crippen LogP contribution in [0.4, 0.5) is 0 Å². The first-order valence-corrected chi connectivity index (χ1v) is 53.8. The van der Waals surface area contributed by atoms with Crippen molar-refractivity contribution in [1.29, 1.82) is 0 Å². The van der Waals surface area contributed by atoms with E-state index >= 15 is 0 Å². The van der Waals surface area contributed by atoms with Gasteiger partial charge in [0, 0.05) is 0 Å². The van der Waals surface area contributed by atoms with Crippen molar-refractivity contribution in [2.75, 3.05) is 0 Å². The lowest BCUT2D eigenvalue weighted by Crippen LogP contribution is -2.56. The topological polar surface area (TPSA) is 265 Å². The lowest BCUT2D eigenvalue weighted by molar-refractivity contribution is 0.532. The first-order valence-electron chi connectivity index (χ1n) is 9.85. The molecule has 38 heavy (non-hydrogen) atoms. The second-order valence-electron chi connectivity index (χ2n) is 7.40. The summed E-state index contributed by atoms with van der Waals surface area (Å²) in [4.78, 5) is 0. The molecule has 0 heterocycles. The van der Waals surface area contributed by atoms with Crippen molar-refractivity contribution in [2.24, 2.45) is 0 Å². The molecule has 0 aliphatic carbocycles. The van der Waals surface area contributed by atoms with Gasteiger partial charge in [-0.15, -0.1) is 0 Å². The molecule has 0 saturated carbocycles. The zero-order chi connectivity index (χ0) is 30.2. The Labute approximate surface area is 237 Å². The Balaban J connectivity index is 5.53. The summed E-state index contributed by atoms with van der Waals surface area (Å²) in [6.07, 6.45) is 0. The Bertz CT molecular complexity index is 1280. The predicted octanol–water partition coefficient (Wildman–Crippen LogP) is -6.90. The van der Waals surface area contributed by atoms with E-state index in [-0.39, 0.29) is 0 Å². The fraction of sp³-hybridized carbons (Fsp3) is 1.00. The summed E-state index contributed by atoms with van der Waals surface area (Å²) < 4.78 is 189. The van der Waals surface area contributed by atoms with Gasteiger partial charge in [0.05, 0.1) is 8.31 Å². The third-order valence-electron chi connectivity index (χ3n) is 3.82. The third-order valence-corrected chi connectivity index (χ3v) is 131. The molecule has 0 aromatic carbocycles. The Hall–Kier alpha value is 0.864. The van der Waals surface area contributed by atoms with Crippen LogP contribution >= 0.6 is 0 Å². The van der Waals surface area contributed by atoms with Crippen LogP contribution in [-0.4, -0.2) is 142 Å². The van der Waals surface area contributed by atoms with Crippen LogP contribution in [-0.2, 0) is 71.0 Å². The molecule has 0 atom stereocenters. The van der Waals surface area contributed by atoms with Crippen molar-refractivity contribution in [2.45, 2.75) is 26.2 Å². The second-order valence-corrected chi connectivity index (χ2v) is 90.9. The van der Waals surface area contributed by atoms with Gasteiger partial charge in [0.15, 0.2) is 9.04 Å². The first-order chi connectivity index (χ1) is 17.3. The number of rotatable bonds is 18. The molecule has 0 aromatic rings. The zero-order valence-electron chi connectivity index (χ0n) is 19.7. The van der Waals surface area contributed by atoms with E-state index in [1.165, 1.54) is 13.1 Å². The Morgan fingerprint density at radius 1 is 0.395 bits per heavy atom. The fourth-order valence-corrected chi connectivity index (χ4v) is 185. The van der Waals surface area contributed by atoms with E-state index < -0.39 is 142 Å². The van der Waals surface area contributed by atoms with Crippen molar-refractivity contribution < 1.29 is 71.0 Å². The number of hydrogen-bond acceptors (Lipinski definition) is 16. The third kappa shape index (κ3) is 10.9. The molecule has 0 bridgehead atoms. The summed E-state index contributed by atoms with van der Waals surface area (Å²) in [5, 5.41) is 0. The van der Waals surface area contributed by atoms with Crippen molar-refractivity contribution in [3.8, 4) is 0 Å². The van der Waals surface area contributed by atoms with Gasteiger partial charge in [-0.3, -0.25) is 0 Å². The molecular formula is C4H14O16Si18. The maximum Gasteiger partial charge on any atom is 0.381 e. The van der Waals surface area contributed by atoms with Crippen molar-refractivity contribution >= 4 is 142 Å². The van der Waals surface area contributed by atoms with E-state index in [4.69, 9.17) is 4.12 Å². The van der Waals surface area contributed by atoms with Gasteiger partial charge >= 0.3 is 116 Å². The van der Waals surface area contributed by atoms with Gasteiger partial charge in [-0.25, -0.2) is 0 Å². The van der Waals surface area contributed by atoms with E-state index in [0.29, 0.717) is 0 Å².